The fraction of sp³-hybridized carbons (Fsp3) is 0.538. The molecular formula is C26H38O4Si. The Morgan fingerprint density at radius 3 is 1.48 bits per heavy atom. The maximum absolute atomic E-state index is 5.83. The molecule has 0 spiro atoms. The minimum absolute atomic E-state index is 0.658. The predicted molar refractivity (Wildman–Crippen MR) is 131 cm³/mol. The lowest BCUT2D eigenvalue weighted by Gasteiger charge is -2.30. The van der Waals surface area contributed by atoms with Crippen LogP contribution >= 0.6 is 0 Å². The third-order valence-corrected chi connectivity index (χ3v) is 11.6. The van der Waals surface area contributed by atoms with Crippen LogP contribution < -0.4 is 10.4 Å². The van der Waals surface area contributed by atoms with Gasteiger partial charge in [0.05, 0.1) is 26.4 Å². The first-order valence-corrected chi connectivity index (χ1v) is 13.9. The zero-order chi connectivity index (χ0) is 22.1. The molecule has 0 fully saturated rings. The van der Waals surface area contributed by atoms with E-state index in [1.165, 1.54) is 34.3 Å². The van der Waals surface area contributed by atoms with Gasteiger partial charge in [0.1, 0.15) is 8.07 Å². The summed E-state index contributed by atoms with van der Waals surface area (Å²) in [6.07, 6.45) is 2.17. The molecule has 0 aromatic heterocycles. The highest BCUT2D eigenvalue weighted by Crippen LogP contribution is 2.35. The Bertz CT molecular complexity index is 767. The molecule has 1 aliphatic heterocycles. The van der Waals surface area contributed by atoms with E-state index in [0.717, 1.165) is 26.1 Å². The third kappa shape index (κ3) is 5.85. The van der Waals surface area contributed by atoms with Gasteiger partial charge < -0.3 is 18.9 Å². The minimum atomic E-state index is -1.90. The van der Waals surface area contributed by atoms with E-state index in [9.17, 15) is 0 Å². The van der Waals surface area contributed by atoms with E-state index in [4.69, 9.17) is 18.9 Å². The van der Waals surface area contributed by atoms with E-state index in [1.807, 2.05) is 0 Å². The summed E-state index contributed by atoms with van der Waals surface area (Å²) < 4.78 is 21.9. The van der Waals surface area contributed by atoms with Crippen molar-refractivity contribution in [1.29, 1.82) is 0 Å². The van der Waals surface area contributed by atoms with Crippen LogP contribution in [-0.2, 0) is 18.9 Å². The smallest absolute Gasteiger partial charge is 0.119 e. The Morgan fingerprint density at radius 1 is 0.613 bits per heavy atom. The average Bonchev–Trinajstić information content (AvgIpc) is 3.02. The Balaban J connectivity index is 1.85. The number of methoxy groups -OCH3 is 2. The zero-order valence-corrected chi connectivity index (χ0v) is 20.7. The molecule has 0 aliphatic carbocycles. The van der Waals surface area contributed by atoms with Gasteiger partial charge in [-0.05, 0) is 60.3 Å². The molecule has 5 heteroatoms. The Hall–Kier alpha value is -1.50. The summed E-state index contributed by atoms with van der Waals surface area (Å²) in [4.78, 5) is 0. The molecule has 0 saturated heterocycles. The molecule has 3 rings (SSSR count). The van der Waals surface area contributed by atoms with Crippen LogP contribution in [-0.4, -0.2) is 61.9 Å². The summed E-state index contributed by atoms with van der Waals surface area (Å²) in [6, 6.07) is 16.6. The van der Waals surface area contributed by atoms with Gasteiger partial charge in [0, 0.05) is 27.4 Å². The van der Waals surface area contributed by atoms with Gasteiger partial charge >= 0.3 is 0 Å². The fourth-order valence-corrected chi connectivity index (χ4v) is 10.4. The van der Waals surface area contributed by atoms with E-state index in [-0.39, 0.29) is 0 Å². The molecule has 2 aromatic rings. The third-order valence-electron chi connectivity index (χ3n) is 6.32. The van der Waals surface area contributed by atoms with Gasteiger partial charge in [-0.1, -0.05) is 47.5 Å². The van der Waals surface area contributed by atoms with Gasteiger partial charge in [0.2, 0.25) is 0 Å². The first-order valence-electron chi connectivity index (χ1n) is 11.5. The summed E-state index contributed by atoms with van der Waals surface area (Å²) >= 11 is 0. The molecule has 0 bridgehead atoms. The molecule has 2 aromatic carbocycles. The van der Waals surface area contributed by atoms with Crippen LogP contribution in [0.5, 0.6) is 0 Å². The van der Waals surface area contributed by atoms with Crippen molar-refractivity contribution >= 4 is 18.4 Å². The van der Waals surface area contributed by atoms with Crippen molar-refractivity contribution < 1.29 is 18.9 Å². The van der Waals surface area contributed by atoms with Gasteiger partial charge in [-0.15, -0.1) is 0 Å². The summed E-state index contributed by atoms with van der Waals surface area (Å²) in [5, 5.41) is 3.23. The standard InChI is InChI=1S/C26H38O4Si/c1-21-7-9-23-24-10-8-22(2)20-26(24)31(25(23)19-21,17-5-11-29-15-13-27-3)18-6-12-30-16-14-28-4/h7-10,19-20H,5-6,11-18H2,1-4H3. The summed E-state index contributed by atoms with van der Waals surface area (Å²) in [5.74, 6) is 0. The predicted octanol–water partition coefficient (Wildman–Crippen LogP) is 3.95. The van der Waals surface area contributed by atoms with Gasteiger partial charge in [-0.25, -0.2) is 0 Å². The number of fused-ring (bicyclic) bond motifs is 3. The molecule has 0 N–H and O–H groups in total. The van der Waals surface area contributed by atoms with Crippen molar-refractivity contribution in [3.05, 3.63) is 47.5 Å². The number of hydrogen-bond donors (Lipinski definition) is 0. The molecule has 0 amide bonds. The van der Waals surface area contributed by atoms with Crippen molar-refractivity contribution in [2.45, 2.75) is 38.8 Å². The van der Waals surface area contributed by atoms with Crippen LogP contribution in [0.15, 0.2) is 36.4 Å². The number of benzene rings is 2. The number of hydrogen-bond acceptors (Lipinski definition) is 4. The van der Waals surface area contributed by atoms with Crippen LogP contribution in [0.2, 0.25) is 12.1 Å². The molecule has 0 radical (unpaired) electrons. The first kappa shape index (κ1) is 24.1. The SMILES string of the molecule is COCCOCCC[Si]1(CCCOCCOC)c2cc(C)ccc2-c2ccc(C)cc21. The van der Waals surface area contributed by atoms with Crippen molar-refractivity contribution in [1.82, 2.24) is 0 Å². The van der Waals surface area contributed by atoms with Crippen LogP contribution in [0, 0.1) is 13.8 Å². The molecule has 170 valence electrons. The minimum Gasteiger partial charge on any atom is -0.382 e. The molecule has 31 heavy (non-hydrogen) atoms. The second-order valence-electron chi connectivity index (χ2n) is 8.60. The summed E-state index contributed by atoms with van der Waals surface area (Å²) in [5.41, 5.74) is 5.61. The first-order chi connectivity index (χ1) is 15.1. The fourth-order valence-electron chi connectivity index (χ4n) is 4.83. The average molecular weight is 443 g/mol. The Labute approximate surface area is 188 Å². The number of aryl methyl sites for hydroxylation is 2. The topological polar surface area (TPSA) is 36.9 Å². The van der Waals surface area contributed by atoms with E-state index >= 15 is 0 Å². The Morgan fingerprint density at radius 2 is 1.06 bits per heavy atom. The molecule has 4 nitrogen and oxygen atoms in total. The molecule has 1 heterocycles. The monoisotopic (exact) mass is 442 g/mol. The Kier molecular flexibility index (Phi) is 9.29. The van der Waals surface area contributed by atoms with Gasteiger partial charge in [0.25, 0.3) is 0 Å². The van der Waals surface area contributed by atoms with Crippen LogP contribution in [0.3, 0.4) is 0 Å². The lowest BCUT2D eigenvalue weighted by atomic mass is 10.0. The molecule has 0 saturated carbocycles. The van der Waals surface area contributed by atoms with Crippen LogP contribution in [0.4, 0.5) is 0 Å². The summed E-state index contributed by atoms with van der Waals surface area (Å²) in [6.45, 7) is 8.69. The van der Waals surface area contributed by atoms with E-state index in [2.05, 4.69) is 50.2 Å². The second kappa shape index (κ2) is 11.9. The van der Waals surface area contributed by atoms with E-state index in [1.54, 1.807) is 24.6 Å². The lowest BCUT2D eigenvalue weighted by Crippen LogP contribution is -2.55. The zero-order valence-electron chi connectivity index (χ0n) is 19.7. The van der Waals surface area contributed by atoms with Gasteiger partial charge in [-0.2, -0.15) is 0 Å². The van der Waals surface area contributed by atoms with Gasteiger partial charge in [0.15, 0.2) is 0 Å². The maximum Gasteiger partial charge on any atom is 0.119 e. The molecule has 0 atom stereocenters. The van der Waals surface area contributed by atoms with Crippen molar-refractivity contribution in [3.8, 4) is 11.1 Å². The molecule has 0 unspecified atom stereocenters. The van der Waals surface area contributed by atoms with Crippen molar-refractivity contribution in [2.75, 3.05) is 53.9 Å². The van der Waals surface area contributed by atoms with Gasteiger partial charge in [-0.3, -0.25) is 0 Å². The van der Waals surface area contributed by atoms with Crippen molar-refractivity contribution in [2.24, 2.45) is 0 Å². The highest BCUT2D eigenvalue weighted by molar-refractivity contribution is 7.05. The quantitative estimate of drug-likeness (QED) is 0.328. The second-order valence-corrected chi connectivity index (χ2v) is 12.8. The van der Waals surface area contributed by atoms with E-state index in [0.29, 0.717) is 26.4 Å². The number of rotatable bonds is 14. The largest absolute Gasteiger partial charge is 0.382 e. The normalized spacial score (nSPS) is 13.9. The van der Waals surface area contributed by atoms with Crippen LogP contribution in [0.25, 0.3) is 11.1 Å². The summed E-state index contributed by atoms with van der Waals surface area (Å²) in [7, 11) is 1.54. The molecular weight excluding hydrogens is 404 g/mol. The highest BCUT2D eigenvalue weighted by Gasteiger charge is 2.44. The number of ether oxygens (including phenoxy) is 4. The maximum atomic E-state index is 5.83. The molecule has 1 aliphatic rings. The van der Waals surface area contributed by atoms with Crippen molar-refractivity contribution in [3.63, 3.8) is 0 Å². The van der Waals surface area contributed by atoms with E-state index < -0.39 is 8.07 Å². The highest BCUT2D eigenvalue weighted by atomic mass is 28.3. The van der Waals surface area contributed by atoms with Crippen LogP contribution in [0.1, 0.15) is 24.0 Å². The lowest BCUT2D eigenvalue weighted by molar-refractivity contribution is 0.0702.